The first-order valence-corrected chi connectivity index (χ1v) is 8.19. The summed E-state index contributed by atoms with van der Waals surface area (Å²) in [7, 11) is 0. The van der Waals surface area contributed by atoms with E-state index in [1.54, 1.807) is 30.5 Å². The van der Waals surface area contributed by atoms with E-state index in [9.17, 15) is 9.30 Å². The molecule has 0 radical (unpaired) electrons. The molecule has 2 heterocycles. The van der Waals surface area contributed by atoms with E-state index in [2.05, 4.69) is 26.9 Å². The first kappa shape index (κ1) is 19.8. The number of halogens is 1. The van der Waals surface area contributed by atoms with Crippen molar-refractivity contribution in [2.24, 2.45) is 5.18 Å². The number of rotatable bonds is 2. The summed E-state index contributed by atoms with van der Waals surface area (Å²) in [4.78, 5) is 16.1. The zero-order valence-electron chi connectivity index (χ0n) is 14.4. The van der Waals surface area contributed by atoms with Crippen LogP contribution in [0.3, 0.4) is 0 Å². The van der Waals surface area contributed by atoms with Gasteiger partial charge in [-0.1, -0.05) is 17.4 Å². The van der Waals surface area contributed by atoms with E-state index in [1.807, 2.05) is 6.08 Å². The average Bonchev–Trinajstić information content (AvgIpc) is 2.69. The zero-order valence-corrected chi connectivity index (χ0v) is 14.4. The Labute approximate surface area is 156 Å². The number of pyridine rings is 1. The molecule has 1 aromatic heterocycles. The standard InChI is InChI=1S/C20H15FN4O.H2O/c21-18-13-16(6-7-17(18)14-22)4-1-3-15-8-11-25(12-9-15)20-19(24-26)5-2-10-23-20;/h2-3,5-7,10,13H,8-9,11-12H2;1H2. The van der Waals surface area contributed by atoms with Gasteiger partial charge in [-0.3, -0.25) is 4.90 Å². The van der Waals surface area contributed by atoms with Gasteiger partial charge in [-0.15, -0.1) is 4.91 Å². The van der Waals surface area contributed by atoms with Gasteiger partial charge in [0.05, 0.1) is 24.8 Å². The monoisotopic (exact) mass is 364 g/mol. The number of piperidine rings is 1. The van der Waals surface area contributed by atoms with Gasteiger partial charge in [0.1, 0.15) is 11.9 Å². The maximum Gasteiger partial charge on any atom is 0.304 e. The normalized spacial score (nSPS) is 12.9. The Hall–Kier alpha value is -3.55. The van der Waals surface area contributed by atoms with Crippen molar-refractivity contribution in [1.82, 2.24) is 0 Å². The van der Waals surface area contributed by atoms with Crippen LogP contribution >= 0.6 is 0 Å². The number of aromatic amines is 1. The van der Waals surface area contributed by atoms with Gasteiger partial charge in [-0.25, -0.2) is 9.37 Å². The van der Waals surface area contributed by atoms with Crippen molar-refractivity contribution in [3.63, 3.8) is 0 Å². The van der Waals surface area contributed by atoms with Crippen molar-refractivity contribution in [1.29, 1.82) is 5.26 Å². The van der Waals surface area contributed by atoms with Crippen molar-refractivity contribution in [3.8, 4) is 17.9 Å². The molecule has 3 rings (SSSR count). The van der Waals surface area contributed by atoms with Gasteiger partial charge in [0.2, 0.25) is 0 Å². The molecule has 1 aliphatic heterocycles. The molecule has 0 bridgehead atoms. The second-order valence-electron chi connectivity index (χ2n) is 5.86. The van der Waals surface area contributed by atoms with Crippen LogP contribution in [0, 0.1) is 33.9 Å². The Morgan fingerprint density at radius 3 is 2.70 bits per heavy atom. The fraction of sp³-hybridized carbons (Fsp3) is 0.200. The number of allylic oxidation sites excluding steroid dienone is 1. The molecule has 1 aromatic carbocycles. The molecule has 0 saturated carbocycles. The summed E-state index contributed by atoms with van der Waals surface area (Å²) >= 11 is 0. The van der Waals surface area contributed by atoms with Crippen molar-refractivity contribution >= 4 is 11.5 Å². The number of nitrogens with zero attached hydrogens (tertiary/aromatic N) is 3. The molecule has 1 fully saturated rings. The van der Waals surface area contributed by atoms with E-state index in [-0.39, 0.29) is 11.0 Å². The summed E-state index contributed by atoms with van der Waals surface area (Å²) < 4.78 is 13.6. The zero-order chi connectivity index (χ0) is 18.4. The van der Waals surface area contributed by atoms with Crippen molar-refractivity contribution in [3.05, 3.63) is 70.0 Å². The Balaban J connectivity index is 0.00000261. The number of nitroso groups, excluding NO2 is 1. The van der Waals surface area contributed by atoms with Gasteiger partial charge in [-0.2, -0.15) is 5.26 Å². The molecule has 2 N–H and O–H groups in total. The molecule has 27 heavy (non-hydrogen) atoms. The van der Waals surface area contributed by atoms with Crippen LogP contribution < -0.4 is 9.88 Å². The Morgan fingerprint density at radius 1 is 1.26 bits per heavy atom. The number of aromatic nitrogens is 1. The summed E-state index contributed by atoms with van der Waals surface area (Å²) in [6.45, 7) is 1.53. The summed E-state index contributed by atoms with van der Waals surface area (Å²) in [6, 6.07) is 9.56. The molecule has 2 aromatic rings. The number of hydrogen-bond donors (Lipinski definition) is 0. The minimum absolute atomic E-state index is 0. The van der Waals surface area contributed by atoms with Crippen LogP contribution in [0.5, 0.6) is 0 Å². The maximum atomic E-state index is 13.6. The molecule has 0 atom stereocenters. The lowest BCUT2D eigenvalue weighted by Gasteiger charge is -2.23. The molecule has 6 nitrogen and oxygen atoms in total. The number of nitrogens with one attached hydrogen (secondary N) is 1. The van der Waals surface area contributed by atoms with E-state index in [1.165, 1.54) is 17.7 Å². The third-order valence-corrected chi connectivity index (χ3v) is 4.22. The topological polar surface area (TPSA) is 101 Å². The van der Waals surface area contributed by atoms with Crippen molar-refractivity contribution in [2.45, 2.75) is 12.8 Å². The number of benzene rings is 1. The lowest BCUT2D eigenvalue weighted by atomic mass is 10.0. The quantitative estimate of drug-likeness (QED) is 0.602. The highest BCUT2D eigenvalue weighted by molar-refractivity contribution is 5.58. The lowest BCUT2D eigenvalue weighted by Crippen LogP contribution is -2.34. The second-order valence-corrected chi connectivity index (χ2v) is 5.86. The average molecular weight is 364 g/mol. The van der Waals surface area contributed by atoms with Crippen LogP contribution in [0.1, 0.15) is 24.0 Å². The van der Waals surface area contributed by atoms with Crippen LogP contribution in [0.25, 0.3) is 0 Å². The third kappa shape index (κ3) is 4.75. The van der Waals surface area contributed by atoms with Crippen LogP contribution in [0.2, 0.25) is 0 Å². The van der Waals surface area contributed by atoms with Gasteiger partial charge in [0.25, 0.3) is 0 Å². The molecule has 136 valence electrons. The molecule has 0 spiro atoms. The highest BCUT2D eigenvalue weighted by atomic mass is 19.1. The van der Waals surface area contributed by atoms with Crippen LogP contribution in [-0.4, -0.2) is 18.6 Å². The van der Waals surface area contributed by atoms with Crippen LogP contribution in [-0.2, 0) is 0 Å². The molecule has 1 saturated heterocycles. The third-order valence-electron chi connectivity index (χ3n) is 4.22. The van der Waals surface area contributed by atoms with Gasteiger partial charge >= 0.3 is 5.82 Å². The molecule has 0 amide bonds. The van der Waals surface area contributed by atoms with E-state index in [4.69, 9.17) is 5.26 Å². The summed E-state index contributed by atoms with van der Waals surface area (Å²) in [5.41, 5.74) is 2.17. The second kappa shape index (κ2) is 9.23. The van der Waals surface area contributed by atoms with E-state index >= 15 is 0 Å². The number of anilines is 1. The van der Waals surface area contributed by atoms with E-state index in [0.717, 1.165) is 31.7 Å². The fourth-order valence-electron chi connectivity index (χ4n) is 2.81. The minimum atomic E-state index is -0.557. The van der Waals surface area contributed by atoms with Crippen molar-refractivity contribution in [2.75, 3.05) is 18.0 Å². The molecule has 7 heteroatoms. The smallest absolute Gasteiger partial charge is 0.304 e. The van der Waals surface area contributed by atoms with Crippen molar-refractivity contribution < 1.29 is 14.9 Å². The number of H-pyrrole nitrogens is 1. The van der Waals surface area contributed by atoms with Gasteiger partial charge in [0.15, 0.2) is 5.69 Å². The largest absolute Gasteiger partial charge is 0.870 e. The maximum absolute atomic E-state index is 13.6. The number of nitriles is 1. The fourth-order valence-corrected chi connectivity index (χ4v) is 2.81. The molecule has 1 aliphatic rings. The highest BCUT2D eigenvalue weighted by Gasteiger charge is 2.24. The van der Waals surface area contributed by atoms with Crippen LogP contribution in [0.4, 0.5) is 15.9 Å². The number of hydrogen-bond acceptors (Lipinski definition) is 5. The highest BCUT2D eigenvalue weighted by Crippen LogP contribution is 2.26. The Kier molecular flexibility index (Phi) is 6.76. The molecule has 0 aliphatic carbocycles. The van der Waals surface area contributed by atoms with Gasteiger partial charge in [-0.05, 0) is 41.6 Å². The summed E-state index contributed by atoms with van der Waals surface area (Å²) in [6.07, 6.45) is 5.30. The predicted octanol–water partition coefficient (Wildman–Crippen LogP) is 3.31. The first-order chi connectivity index (χ1) is 12.7. The van der Waals surface area contributed by atoms with E-state index in [0.29, 0.717) is 11.3 Å². The Morgan fingerprint density at radius 2 is 2.04 bits per heavy atom. The van der Waals surface area contributed by atoms with E-state index < -0.39 is 5.82 Å². The summed E-state index contributed by atoms with van der Waals surface area (Å²) in [5, 5.41) is 11.8. The minimum Gasteiger partial charge on any atom is -0.870 e. The van der Waals surface area contributed by atoms with Crippen LogP contribution in [0.15, 0.2) is 53.4 Å². The lowest BCUT2D eigenvalue weighted by molar-refractivity contribution is -0.363. The Bertz CT molecular complexity index is 960. The SMILES string of the molecule is N#Cc1ccc(C#CC=C2CCN(c3[nH+]cccc3N=O)CC2)cc1F.[OH-]. The van der Waals surface area contributed by atoms with Gasteiger partial charge < -0.3 is 5.48 Å². The van der Waals surface area contributed by atoms with Gasteiger partial charge in [0, 0.05) is 18.4 Å². The predicted molar refractivity (Wildman–Crippen MR) is 97.9 cm³/mol. The summed E-state index contributed by atoms with van der Waals surface area (Å²) in [5.74, 6) is 6.03. The molecule has 0 unspecified atom stereocenters. The first-order valence-electron chi connectivity index (χ1n) is 8.19. The molecular weight excluding hydrogens is 347 g/mol. The molecular formula is C20H17FN4O2.